The number of hydrogen-bond donors (Lipinski definition) is 2. The minimum absolute atomic E-state index is 0.0110. The van der Waals surface area contributed by atoms with Gasteiger partial charge in [0.25, 0.3) is 0 Å². The number of H-pyrrole nitrogens is 1. The minimum atomic E-state index is -0.0110. The molecule has 0 spiro atoms. The molecule has 3 heteroatoms. The third kappa shape index (κ3) is 1.76. The quantitative estimate of drug-likeness (QED) is 0.737. The molecular formula is C11H11N2O. The van der Waals surface area contributed by atoms with Crippen LogP contribution < -0.4 is 5.32 Å². The number of hydrogen-bond acceptors (Lipinski definition) is 1. The summed E-state index contributed by atoms with van der Waals surface area (Å²) in [5.74, 6) is -0.0110. The second-order valence-corrected chi connectivity index (χ2v) is 3.22. The predicted octanol–water partition coefficient (Wildman–Crippen LogP) is 1.60. The summed E-state index contributed by atoms with van der Waals surface area (Å²) < 4.78 is 0. The lowest BCUT2D eigenvalue weighted by atomic mass is 10.1. The highest BCUT2D eigenvalue weighted by molar-refractivity contribution is 5.79. The lowest BCUT2D eigenvalue weighted by Crippen LogP contribution is -2.18. The van der Waals surface area contributed by atoms with Crippen molar-refractivity contribution < 1.29 is 4.79 Å². The highest BCUT2D eigenvalue weighted by atomic mass is 16.1. The van der Waals surface area contributed by atoms with E-state index < -0.39 is 0 Å². The van der Waals surface area contributed by atoms with Crippen molar-refractivity contribution in [2.45, 2.75) is 13.5 Å². The monoisotopic (exact) mass is 187 g/mol. The standard InChI is InChI=1S/C11H11N2O/c1-8(14)13-7-9-2-3-11-10(6-9)4-5-12-11/h2-3,5-6,12H,7H2,1H3,(H,13,14). The van der Waals surface area contributed by atoms with E-state index in [4.69, 9.17) is 0 Å². The number of carbonyl (C=O) groups excluding carboxylic acids is 1. The van der Waals surface area contributed by atoms with Crippen molar-refractivity contribution in [3.05, 3.63) is 36.0 Å². The Hall–Kier alpha value is -1.77. The van der Waals surface area contributed by atoms with Gasteiger partial charge < -0.3 is 10.3 Å². The Morgan fingerprint density at radius 1 is 1.57 bits per heavy atom. The van der Waals surface area contributed by atoms with Crippen LogP contribution in [0.15, 0.2) is 24.4 Å². The molecule has 2 aromatic rings. The molecule has 0 aliphatic carbocycles. The fraction of sp³-hybridized carbons (Fsp3) is 0.182. The summed E-state index contributed by atoms with van der Waals surface area (Å²) >= 11 is 0. The molecule has 2 rings (SSSR count). The zero-order chi connectivity index (χ0) is 9.97. The number of fused-ring (bicyclic) bond motifs is 1. The maximum atomic E-state index is 10.7. The Kier molecular flexibility index (Phi) is 2.23. The molecule has 0 fully saturated rings. The van der Waals surface area contributed by atoms with Crippen molar-refractivity contribution >= 4 is 16.8 Å². The highest BCUT2D eigenvalue weighted by Crippen LogP contribution is 2.13. The molecule has 1 radical (unpaired) electrons. The molecule has 1 amide bonds. The molecule has 0 unspecified atom stereocenters. The van der Waals surface area contributed by atoms with Crippen LogP contribution in [0.2, 0.25) is 0 Å². The summed E-state index contributed by atoms with van der Waals surface area (Å²) in [4.78, 5) is 13.8. The Balaban J connectivity index is 2.21. The first kappa shape index (κ1) is 8.81. The lowest BCUT2D eigenvalue weighted by molar-refractivity contribution is -0.119. The molecule has 0 saturated heterocycles. The van der Waals surface area contributed by atoms with Gasteiger partial charge in [-0.2, -0.15) is 0 Å². The van der Waals surface area contributed by atoms with Crippen molar-refractivity contribution in [2.24, 2.45) is 0 Å². The molecule has 0 aliphatic rings. The third-order valence-corrected chi connectivity index (χ3v) is 2.08. The van der Waals surface area contributed by atoms with Gasteiger partial charge >= 0.3 is 0 Å². The number of nitrogens with one attached hydrogen (secondary N) is 2. The number of rotatable bonds is 2. The highest BCUT2D eigenvalue weighted by Gasteiger charge is 1.97. The van der Waals surface area contributed by atoms with Crippen LogP contribution in [-0.2, 0) is 11.3 Å². The van der Waals surface area contributed by atoms with Crippen molar-refractivity contribution in [1.82, 2.24) is 10.3 Å². The van der Waals surface area contributed by atoms with Crippen LogP contribution in [0.1, 0.15) is 12.5 Å². The minimum Gasteiger partial charge on any atom is -0.361 e. The Morgan fingerprint density at radius 2 is 2.43 bits per heavy atom. The molecule has 2 N–H and O–H groups in total. The number of benzene rings is 1. The molecule has 1 aromatic carbocycles. The van der Waals surface area contributed by atoms with Crippen LogP contribution in [0, 0.1) is 6.07 Å². The molecule has 71 valence electrons. The van der Waals surface area contributed by atoms with E-state index in [1.165, 1.54) is 6.92 Å². The molecule has 14 heavy (non-hydrogen) atoms. The van der Waals surface area contributed by atoms with Crippen molar-refractivity contribution in [1.29, 1.82) is 0 Å². The summed E-state index contributed by atoms with van der Waals surface area (Å²) in [6, 6.07) is 9.07. The first-order valence-corrected chi connectivity index (χ1v) is 4.48. The topological polar surface area (TPSA) is 44.9 Å². The van der Waals surface area contributed by atoms with Crippen LogP contribution in [0.25, 0.3) is 10.9 Å². The summed E-state index contributed by atoms with van der Waals surface area (Å²) in [6.07, 6.45) is 1.78. The lowest BCUT2D eigenvalue weighted by Gasteiger charge is -2.01. The average Bonchev–Trinajstić information content (AvgIpc) is 2.61. The van der Waals surface area contributed by atoms with Gasteiger partial charge in [-0.05, 0) is 17.7 Å². The van der Waals surface area contributed by atoms with Gasteiger partial charge in [-0.3, -0.25) is 4.79 Å². The second kappa shape index (κ2) is 3.54. The Bertz CT molecular complexity index is 459. The van der Waals surface area contributed by atoms with E-state index in [-0.39, 0.29) is 5.91 Å². The van der Waals surface area contributed by atoms with Gasteiger partial charge in [-0.1, -0.05) is 6.07 Å². The number of amides is 1. The van der Waals surface area contributed by atoms with Crippen molar-refractivity contribution in [2.75, 3.05) is 0 Å². The van der Waals surface area contributed by atoms with E-state index in [0.29, 0.717) is 6.54 Å². The summed E-state index contributed by atoms with van der Waals surface area (Å²) in [5.41, 5.74) is 2.15. The zero-order valence-electron chi connectivity index (χ0n) is 7.92. The van der Waals surface area contributed by atoms with Gasteiger partial charge in [0.05, 0.1) is 0 Å². The summed E-state index contributed by atoms with van der Waals surface area (Å²) in [5, 5.41) is 3.80. The normalized spacial score (nSPS) is 10.4. The molecule has 0 atom stereocenters. The molecule has 1 aromatic heterocycles. The van der Waals surface area contributed by atoms with Crippen molar-refractivity contribution in [3.8, 4) is 0 Å². The van der Waals surface area contributed by atoms with Crippen LogP contribution >= 0.6 is 0 Å². The van der Waals surface area contributed by atoms with Crippen molar-refractivity contribution in [3.63, 3.8) is 0 Å². The van der Waals surface area contributed by atoms with Crippen LogP contribution in [-0.4, -0.2) is 10.9 Å². The predicted molar refractivity (Wildman–Crippen MR) is 54.7 cm³/mol. The fourth-order valence-corrected chi connectivity index (χ4v) is 1.36. The molecule has 0 aliphatic heterocycles. The second-order valence-electron chi connectivity index (χ2n) is 3.22. The van der Waals surface area contributed by atoms with Gasteiger partial charge in [-0.15, -0.1) is 0 Å². The largest absolute Gasteiger partial charge is 0.361 e. The average molecular weight is 187 g/mol. The van der Waals surface area contributed by atoms with Gasteiger partial charge in [0.15, 0.2) is 0 Å². The van der Waals surface area contributed by atoms with E-state index in [9.17, 15) is 4.79 Å². The number of aromatic nitrogens is 1. The molecular weight excluding hydrogens is 176 g/mol. The molecule has 0 bridgehead atoms. The first-order chi connectivity index (χ1) is 6.75. The maximum absolute atomic E-state index is 10.7. The Morgan fingerprint density at radius 3 is 3.21 bits per heavy atom. The summed E-state index contributed by atoms with van der Waals surface area (Å²) in [6.45, 7) is 2.09. The van der Waals surface area contributed by atoms with E-state index in [1.807, 2.05) is 18.2 Å². The molecule has 0 saturated carbocycles. The van der Waals surface area contributed by atoms with E-state index in [1.54, 1.807) is 6.20 Å². The van der Waals surface area contributed by atoms with Gasteiger partial charge in [0, 0.05) is 36.6 Å². The maximum Gasteiger partial charge on any atom is 0.217 e. The van der Waals surface area contributed by atoms with Crippen LogP contribution in [0.5, 0.6) is 0 Å². The van der Waals surface area contributed by atoms with Crippen LogP contribution in [0.3, 0.4) is 0 Å². The zero-order valence-corrected chi connectivity index (χ0v) is 7.92. The van der Waals surface area contributed by atoms with E-state index in [2.05, 4.69) is 16.4 Å². The smallest absolute Gasteiger partial charge is 0.217 e. The number of carbonyl (C=O) groups is 1. The number of aromatic amines is 1. The fourth-order valence-electron chi connectivity index (χ4n) is 1.36. The van der Waals surface area contributed by atoms with Crippen LogP contribution in [0.4, 0.5) is 0 Å². The van der Waals surface area contributed by atoms with Gasteiger partial charge in [0.1, 0.15) is 0 Å². The SMILES string of the molecule is CC(=O)NCc1ccc2[nH]c[c]c2c1. The van der Waals surface area contributed by atoms with Gasteiger partial charge in [0.2, 0.25) is 5.91 Å². The Labute approximate surface area is 82.1 Å². The van der Waals surface area contributed by atoms with Gasteiger partial charge in [-0.25, -0.2) is 0 Å². The van der Waals surface area contributed by atoms with E-state index >= 15 is 0 Å². The summed E-state index contributed by atoms with van der Waals surface area (Å²) in [7, 11) is 0. The third-order valence-electron chi connectivity index (χ3n) is 2.08. The molecule has 1 heterocycles. The van der Waals surface area contributed by atoms with E-state index in [0.717, 1.165) is 16.5 Å². The first-order valence-electron chi connectivity index (χ1n) is 4.48. The molecule has 3 nitrogen and oxygen atoms in total.